The molecule has 1 unspecified atom stereocenters. The van der Waals surface area contributed by atoms with E-state index in [1.54, 1.807) is 30.3 Å². The molecule has 1 N–H and O–H groups in total. The molecular formula is C25H26FN5O3S. The molecule has 3 aromatic rings. The summed E-state index contributed by atoms with van der Waals surface area (Å²) in [6.45, 7) is 6.42. The van der Waals surface area contributed by atoms with Gasteiger partial charge < -0.3 is 14.6 Å². The second-order valence-electron chi connectivity index (χ2n) is 8.64. The Balaban J connectivity index is 1.33. The molecule has 2 aliphatic rings. The van der Waals surface area contributed by atoms with E-state index in [0.717, 1.165) is 36.4 Å². The fourth-order valence-electron chi connectivity index (χ4n) is 4.28. The number of Topliss-reactive ketones (excluding diaryl/α,β-unsaturated/α-hetero) is 1. The Morgan fingerprint density at radius 1 is 1.14 bits per heavy atom. The van der Waals surface area contributed by atoms with E-state index in [-0.39, 0.29) is 29.2 Å². The molecule has 1 aromatic heterocycles. The first-order chi connectivity index (χ1) is 17.0. The number of hydrogen-bond acceptors (Lipinski definition) is 7. The van der Waals surface area contributed by atoms with Crippen molar-refractivity contribution in [1.82, 2.24) is 19.7 Å². The molecule has 0 spiro atoms. The fourth-order valence-corrected chi connectivity index (χ4v) is 5.14. The van der Waals surface area contributed by atoms with Crippen molar-refractivity contribution in [3.8, 4) is 11.4 Å². The van der Waals surface area contributed by atoms with Crippen molar-refractivity contribution in [2.45, 2.75) is 24.5 Å². The van der Waals surface area contributed by atoms with Gasteiger partial charge in [-0.3, -0.25) is 14.5 Å². The van der Waals surface area contributed by atoms with E-state index >= 15 is 0 Å². The molecule has 10 heteroatoms. The molecule has 2 aromatic carbocycles. The van der Waals surface area contributed by atoms with Crippen LogP contribution in [0.5, 0.6) is 0 Å². The van der Waals surface area contributed by atoms with Gasteiger partial charge in [-0.15, -0.1) is 10.2 Å². The van der Waals surface area contributed by atoms with E-state index in [0.29, 0.717) is 36.3 Å². The Bertz CT molecular complexity index is 1240. The summed E-state index contributed by atoms with van der Waals surface area (Å²) < 4.78 is 20.9. The summed E-state index contributed by atoms with van der Waals surface area (Å²) in [5, 5.41) is 12.2. The lowest BCUT2D eigenvalue weighted by atomic mass is 9.99. The first kappa shape index (κ1) is 23.7. The topological polar surface area (TPSA) is 89.3 Å². The molecule has 0 bridgehead atoms. The van der Waals surface area contributed by atoms with E-state index in [9.17, 15) is 14.0 Å². The number of ether oxygens (including phenoxy) is 1. The zero-order valence-corrected chi connectivity index (χ0v) is 20.2. The standard InChI is InChI=1S/C25H26FN5O3S/c1-16-20-14-18(4-7-21(20)27-24(16)33)22(32)15-35-25-29-28-23(17-2-5-19(26)6-3-17)31(25)9-8-30-10-12-34-13-11-30/h2-7,14,16H,8-13,15H2,1H3,(H,27,33). The van der Waals surface area contributed by atoms with Crippen molar-refractivity contribution < 1.29 is 18.7 Å². The van der Waals surface area contributed by atoms with Crippen LogP contribution < -0.4 is 5.32 Å². The monoisotopic (exact) mass is 495 g/mol. The van der Waals surface area contributed by atoms with Crippen molar-refractivity contribution in [2.24, 2.45) is 0 Å². The Labute approximate surface area is 206 Å². The SMILES string of the molecule is CC1C(=O)Nc2ccc(C(=O)CSc3nnc(-c4ccc(F)cc4)n3CCN3CCOCC3)cc21. The number of nitrogens with one attached hydrogen (secondary N) is 1. The van der Waals surface area contributed by atoms with Gasteiger partial charge in [0.1, 0.15) is 5.82 Å². The lowest BCUT2D eigenvalue weighted by Gasteiger charge is -2.27. The highest BCUT2D eigenvalue weighted by Crippen LogP contribution is 2.33. The van der Waals surface area contributed by atoms with Crippen LogP contribution in [0.3, 0.4) is 0 Å². The van der Waals surface area contributed by atoms with Crippen molar-refractivity contribution in [2.75, 3.05) is 43.9 Å². The maximum absolute atomic E-state index is 13.5. The predicted octanol–water partition coefficient (Wildman–Crippen LogP) is 3.45. The van der Waals surface area contributed by atoms with E-state index in [4.69, 9.17) is 4.74 Å². The normalized spacial score (nSPS) is 17.9. The highest BCUT2D eigenvalue weighted by atomic mass is 32.2. The third-order valence-electron chi connectivity index (χ3n) is 6.39. The number of carbonyl (C=O) groups is 2. The third kappa shape index (κ3) is 5.14. The summed E-state index contributed by atoms with van der Waals surface area (Å²) in [6.07, 6.45) is 0. The predicted molar refractivity (Wildman–Crippen MR) is 131 cm³/mol. The van der Waals surface area contributed by atoms with Crippen molar-refractivity contribution in [1.29, 1.82) is 0 Å². The summed E-state index contributed by atoms with van der Waals surface area (Å²) in [4.78, 5) is 27.2. The second kappa shape index (κ2) is 10.3. The summed E-state index contributed by atoms with van der Waals surface area (Å²) >= 11 is 1.33. The molecule has 1 saturated heterocycles. The fraction of sp³-hybridized carbons (Fsp3) is 0.360. The van der Waals surface area contributed by atoms with Crippen LogP contribution in [0.25, 0.3) is 11.4 Å². The maximum atomic E-state index is 13.5. The molecular weight excluding hydrogens is 469 g/mol. The van der Waals surface area contributed by atoms with E-state index in [1.165, 1.54) is 23.9 Å². The number of carbonyl (C=O) groups excluding carboxylic acids is 2. The molecule has 35 heavy (non-hydrogen) atoms. The quantitative estimate of drug-likeness (QED) is 0.378. The van der Waals surface area contributed by atoms with E-state index in [1.807, 2.05) is 11.5 Å². The molecule has 0 radical (unpaired) electrons. The highest BCUT2D eigenvalue weighted by molar-refractivity contribution is 7.99. The number of anilines is 1. The maximum Gasteiger partial charge on any atom is 0.231 e. The Morgan fingerprint density at radius 3 is 2.69 bits per heavy atom. The van der Waals surface area contributed by atoms with Crippen LogP contribution >= 0.6 is 11.8 Å². The van der Waals surface area contributed by atoms with E-state index in [2.05, 4.69) is 20.4 Å². The van der Waals surface area contributed by atoms with Gasteiger partial charge in [-0.25, -0.2) is 4.39 Å². The molecule has 5 rings (SSSR count). The smallest absolute Gasteiger partial charge is 0.231 e. The lowest BCUT2D eigenvalue weighted by molar-refractivity contribution is -0.116. The van der Waals surface area contributed by atoms with Gasteiger partial charge in [0.15, 0.2) is 16.8 Å². The van der Waals surface area contributed by atoms with Gasteiger partial charge in [0.2, 0.25) is 5.91 Å². The minimum atomic E-state index is -0.311. The Hall–Kier alpha value is -3.08. The summed E-state index contributed by atoms with van der Waals surface area (Å²) in [5.41, 5.74) is 2.94. The number of benzene rings is 2. The number of hydrogen-bond donors (Lipinski definition) is 1. The lowest BCUT2D eigenvalue weighted by Crippen LogP contribution is -2.38. The van der Waals surface area contributed by atoms with E-state index < -0.39 is 0 Å². The van der Waals surface area contributed by atoms with Crippen molar-refractivity contribution in [3.05, 3.63) is 59.4 Å². The average molecular weight is 496 g/mol. The number of morpholine rings is 1. The first-order valence-corrected chi connectivity index (χ1v) is 12.6. The number of thioether (sulfide) groups is 1. The minimum absolute atomic E-state index is 0.0459. The van der Waals surface area contributed by atoms with Gasteiger partial charge in [0, 0.05) is 43.0 Å². The zero-order chi connectivity index (χ0) is 24.4. The molecule has 2 aliphatic heterocycles. The second-order valence-corrected chi connectivity index (χ2v) is 9.59. The van der Waals surface area contributed by atoms with Gasteiger partial charge >= 0.3 is 0 Å². The average Bonchev–Trinajstić information content (AvgIpc) is 3.41. The van der Waals surface area contributed by atoms with Crippen LogP contribution in [0.4, 0.5) is 10.1 Å². The number of halogens is 1. The Morgan fingerprint density at radius 2 is 1.91 bits per heavy atom. The van der Waals surface area contributed by atoms with Crippen molar-refractivity contribution in [3.63, 3.8) is 0 Å². The number of nitrogens with zero attached hydrogens (tertiary/aromatic N) is 4. The van der Waals surface area contributed by atoms with Crippen LogP contribution in [0.2, 0.25) is 0 Å². The molecule has 1 amide bonds. The van der Waals surface area contributed by atoms with Gasteiger partial charge in [0.05, 0.1) is 24.9 Å². The van der Waals surface area contributed by atoms with Crippen LogP contribution in [0, 0.1) is 5.82 Å². The minimum Gasteiger partial charge on any atom is -0.379 e. The molecule has 1 atom stereocenters. The van der Waals surface area contributed by atoms with Gasteiger partial charge in [0.25, 0.3) is 0 Å². The largest absolute Gasteiger partial charge is 0.379 e. The summed E-state index contributed by atoms with van der Waals surface area (Å²) in [6, 6.07) is 11.5. The number of ketones is 1. The first-order valence-electron chi connectivity index (χ1n) is 11.6. The Kier molecular flexibility index (Phi) is 6.94. The van der Waals surface area contributed by atoms with Crippen LogP contribution in [-0.4, -0.2) is 70.0 Å². The molecule has 182 valence electrons. The van der Waals surface area contributed by atoms with Gasteiger partial charge in [-0.2, -0.15) is 0 Å². The van der Waals surface area contributed by atoms with Crippen LogP contribution in [-0.2, 0) is 16.1 Å². The van der Waals surface area contributed by atoms with Crippen LogP contribution in [0.1, 0.15) is 28.8 Å². The molecule has 0 saturated carbocycles. The highest BCUT2D eigenvalue weighted by Gasteiger charge is 2.27. The van der Waals surface area contributed by atoms with Crippen LogP contribution in [0.15, 0.2) is 47.6 Å². The van der Waals surface area contributed by atoms with Gasteiger partial charge in [-0.05, 0) is 55.0 Å². The molecule has 0 aliphatic carbocycles. The number of amides is 1. The number of rotatable bonds is 8. The molecule has 8 nitrogen and oxygen atoms in total. The third-order valence-corrected chi connectivity index (χ3v) is 7.35. The van der Waals surface area contributed by atoms with Crippen molar-refractivity contribution >= 4 is 29.1 Å². The van der Waals surface area contributed by atoms with Gasteiger partial charge in [-0.1, -0.05) is 11.8 Å². The zero-order valence-electron chi connectivity index (χ0n) is 19.4. The molecule has 3 heterocycles. The summed E-state index contributed by atoms with van der Waals surface area (Å²) in [5.74, 6) is 0.147. The number of aromatic nitrogens is 3. The number of fused-ring (bicyclic) bond motifs is 1. The molecule has 1 fully saturated rings. The summed E-state index contributed by atoms with van der Waals surface area (Å²) in [7, 11) is 0.